The van der Waals surface area contributed by atoms with E-state index in [-0.39, 0.29) is 5.91 Å². The Kier molecular flexibility index (Phi) is 5.29. The molecule has 0 aromatic heterocycles. The van der Waals surface area contributed by atoms with Gasteiger partial charge in [-0.05, 0) is 65.2 Å². The summed E-state index contributed by atoms with van der Waals surface area (Å²) in [6.45, 7) is 0. The third-order valence-corrected chi connectivity index (χ3v) is 4.66. The molecule has 0 fully saturated rings. The van der Waals surface area contributed by atoms with Gasteiger partial charge in [0.15, 0.2) is 0 Å². The lowest BCUT2D eigenvalue weighted by atomic mass is 10.2. The number of carbonyl (C=O) groups is 1. The first kappa shape index (κ1) is 14.9. The predicted octanol–water partition coefficient (Wildman–Crippen LogP) is 5.03. The van der Waals surface area contributed by atoms with Crippen LogP contribution < -0.4 is 5.32 Å². The molecule has 0 saturated heterocycles. The van der Waals surface area contributed by atoms with Gasteiger partial charge >= 0.3 is 0 Å². The number of hydrogen-bond donors (Lipinski definition) is 1. The summed E-state index contributed by atoms with van der Waals surface area (Å²) < 4.78 is 1.83. The maximum atomic E-state index is 12.2. The van der Waals surface area contributed by atoms with Crippen molar-refractivity contribution in [1.29, 1.82) is 0 Å². The van der Waals surface area contributed by atoms with Crippen molar-refractivity contribution in [1.82, 2.24) is 0 Å². The Morgan fingerprint density at radius 1 is 1.26 bits per heavy atom. The monoisotopic (exact) mass is 447 g/mol. The average molecular weight is 448 g/mol. The second kappa shape index (κ2) is 6.76. The molecule has 0 radical (unpaired) electrons. The second-order valence-electron chi connectivity index (χ2n) is 3.81. The van der Waals surface area contributed by atoms with Crippen LogP contribution in [0.1, 0.15) is 10.4 Å². The van der Waals surface area contributed by atoms with Crippen molar-refractivity contribution < 1.29 is 4.79 Å². The van der Waals surface area contributed by atoms with Gasteiger partial charge in [0.2, 0.25) is 0 Å². The number of thioether (sulfide) groups is 1. The number of anilines is 1. The minimum absolute atomic E-state index is 0.0936. The maximum Gasteiger partial charge on any atom is 0.256 e. The fraction of sp³-hybridized carbons (Fsp3) is 0.0714. The van der Waals surface area contributed by atoms with Crippen molar-refractivity contribution in [3.05, 3.63) is 56.1 Å². The van der Waals surface area contributed by atoms with Crippen LogP contribution in [-0.4, -0.2) is 12.2 Å². The summed E-state index contributed by atoms with van der Waals surface area (Å²) in [7, 11) is 0. The number of carbonyl (C=O) groups excluding carboxylic acids is 1. The van der Waals surface area contributed by atoms with Crippen molar-refractivity contribution in [3.63, 3.8) is 0 Å². The van der Waals surface area contributed by atoms with Crippen LogP contribution in [0.5, 0.6) is 0 Å². The SMILES string of the molecule is CSc1cccc(NC(=O)c2cc(Br)ccc2I)c1. The van der Waals surface area contributed by atoms with Crippen LogP contribution >= 0.6 is 50.3 Å². The van der Waals surface area contributed by atoms with Crippen molar-refractivity contribution in [2.45, 2.75) is 4.90 Å². The van der Waals surface area contributed by atoms with Gasteiger partial charge in [0.25, 0.3) is 5.91 Å². The smallest absolute Gasteiger partial charge is 0.256 e. The quantitative estimate of drug-likeness (QED) is 0.528. The van der Waals surface area contributed by atoms with Gasteiger partial charge in [-0.25, -0.2) is 0 Å². The molecule has 0 atom stereocenters. The number of halogens is 2. The van der Waals surface area contributed by atoms with Crippen molar-refractivity contribution in [2.75, 3.05) is 11.6 Å². The largest absolute Gasteiger partial charge is 0.322 e. The summed E-state index contributed by atoms with van der Waals surface area (Å²) in [6.07, 6.45) is 2.01. The highest BCUT2D eigenvalue weighted by Gasteiger charge is 2.10. The first-order chi connectivity index (χ1) is 9.10. The molecular weight excluding hydrogens is 437 g/mol. The molecule has 0 unspecified atom stereocenters. The molecule has 2 nitrogen and oxygen atoms in total. The van der Waals surface area contributed by atoms with Gasteiger partial charge in [-0.15, -0.1) is 11.8 Å². The van der Waals surface area contributed by atoms with E-state index in [9.17, 15) is 4.79 Å². The Morgan fingerprint density at radius 3 is 2.79 bits per heavy atom. The molecule has 2 rings (SSSR count). The van der Waals surface area contributed by atoms with Gasteiger partial charge < -0.3 is 5.32 Å². The molecule has 0 saturated carbocycles. The fourth-order valence-corrected chi connectivity index (χ4v) is 2.97. The van der Waals surface area contributed by atoms with E-state index in [1.165, 1.54) is 0 Å². The molecular formula is C14H11BrINOS. The lowest BCUT2D eigenvalue weighted by molar-refractivity contribution is 0.102. The molecule has 2 aromatic carbocycles. The minimum atomic E-state index is -0.0936. The minimum Gasteiger partial charge on any atom is -0.322 e. The summed E-state index contributed by atoms with van der Waals surface area (Å²) >= 11 is 7.20. The molecule has 0 bridgehead atoms. The first-order valence-electron chi connectivity index (χ1n) is 5.50. The van der Waals surface area contributed by atoms with E-state index in [4.69, 9.17) is 0 Å². The van der Waals surface area contributed by atoms with Crippen LogP contribution in [0.2, 0.25) is 0 Å². The Balaban J connectivity index is 2.23. The molecule has 0 aliphatic heterocycles. The lowest BCUT2D eigenvalue weighted by Crippen LogP contribution is -2.13. The normalized spacial score (nSPS) is 10.3. The average Bonchev–Trinajstić information content (AvgIpc) is 2.41. The Hall–Kier alpha value is -0.530. The molecule has 5 heteroatoms. The highest BCUT2D eigenvalue weighted by Crippen LogP contribution is 2.22. The van der Waals surface area contributed by atoms with Gasteiger partial charge in [0.05, 0.1) is 5.56 Å². The molecule has 1 N–H and O–H groups in total. The van der Waals surface area contributed by atoms with E-state index in [0.29, 0.717) is 5.56 Å². The van der Waals surface area contributed by atoms with Crippen molar-refractivity contribution >= 4 is 61.9 Å². The fourth-order valence-electron chi connectivity index (χ4n) is 1.57. The first-order valence-corrected chi connectivity index (χ1v) is 8.60. The summed E-state index contributed by atoms with van der Waals surface area (Å²) in [6, 6.07) is 13.5. The summed E-state index contributed by atoms with van der Waals surface area (Å²) in [4.78, 5) is 13.4. The molecule has 0 aliphatic carbocycles. The third-order valence-electron chi connectivity index (χ3n) is 2.50. The zero-order valence-electron chi connectivity index (χ0n) is 10.1. The van der Waals surface area contributed by atoms with E-state index < -0.39 is 0 Å². The Labute approximate surface area is 138 Å². The summed E-state index contributed by atoms with van der Waals surface area (Å²) in [5.41, 5.74) is 1.48. The highest BCUT2D eigenvalue weighted by atomic mass is 127. The second-order valence-corrected chi connectivity index (χ2v) is 6.77. The Bertz CT molecular complexity index is 618. The summed E-state index contributed by atoms with van der Waals surface area (Å²) in [5.74, 6) is -0.0936. The number of nitrogens with one attached hydrogen (secondary N) is 1. The van der Waals surface area contributed by atoms with E-state index >= 15 is 0 Å². The van der Waals surface area contributed by atoms with Crippen LogP contribution in [0, 0.1) is 3.57 Å². The van der Waals surface area contributed by atoms with Gasteiger partial charge in [0, 0.05) is 18.6 Å². The van der Waals surface area contributed by atoms with E-state index in [1.807, 2.05) is 48.7 Å². The van der Waals surface area contributed by atoms with Crippen LogP contribution in [0.15, 0.2) is 51.8 Å². The number of hydrogen-bond acceptors (Lipinski definition) is 2. The topological polar surface area (TPSA) is 29.1 Å². The molecule has 19 heavy (non-hydrogen) atoms. The van der Waals surface area contributed by atoms with Gasteiger partial charge in [-0.1, -0.05) is 22.0 Å². The third kappa shape index (κ3) is 3.97. The van der Waals surface area contributed by atoms with Gasteiger partial charge in [-0.3, -0.25) is 4.79 Å². The van der Waals surface area contributed by atoms with Crippen LogP contribution in [0.4, 0.5) is 5.69 Å². The zero-order chi connectivity index (χ0) is 13.8. The molecule has 0 aliphatic rings. The molecule has 98 valence electrons. The summed E-state index contributed by atoms with van der Waals surface area (Å²) in [5, 5.41) is 2.92. The van der Waals surface area contributed by atoms with Crippen molar-refractivity contribution in [2.24, 2.45) is 0 Å². The molecule has 1 amide bonds. The lowest BCUT2D eigenvalue weighted by Gasteiger charge is -2.08. The number of rotatable bonds is 3. The van der Waals surface area contributed by atoms with Gasteiger partial charge in [-0.2, -0.15) is 0 Å². The molecule has 2 aromatic rings. The Morgan fingerprint density at radius 2 is 2.05 bits per heavy atom. The molecule has 0 spiro atoms. The van der Waals surface area contributed by atoms with E-state index in [2.05, 4.69) is 43.8 Å². The number of benzene rings is 2. The molecule has 0 heterocycles. The van der Waals surface area contributed by atoms with Crippen LogP contribution in [0.3, 0.4) is 0 Å². The number of amides is 1. The highest BCUT2D eigenvalue weighted by molar-refractivity contribution is 14.1. The standard InChI is InChI=1S/C14H11BrINOS/c1-19-11-4-2-3-10(8-11)17-14(18)12-7-9(15)5-6-13(12)16/h2-8H,1H3,(H,17,18). The van der Waals surface area contributed by atoms with E-state index in [1.54, 1.807) is 11.8 Å². The zero-order valence-corrected chi connectivity index (χ0v) is 14.7. The maximum absolute atomic E-state index is 12.2. The van der Waals surface area contributed by atoms with Gasteiger partial charge in [0.1, 0.15) is 0 Å². The van der Waals surface area contributed by atoms with Crippen molar-refractivity contribution in [3.8, 4) is 0 Å². The van der Waals surface area contributed by atoms with E-state index in [0.717, 1.165) is 18.6 Å². The predicted molar refractivity (Wildman–Crippen MR) is 93.0 cm³/mol. The van der Waals surface area contributed by atoms with Crippen LogP contribution in [-0.2, 0) is 0 Å². The van der Waals surface area contributed by atoms with Crippen LogP contribution in [0.25, 0.3) is 0 Å².